The Morgan fingerprint density at radius 2 is 2.07 bits per heavy atom. The Balaban J connectivity index is 2.17. The van der Waals surface area contributed by atoms with Crippen LogP contribution in [0, 0.1) is 0 Å². The van der Waals surface area contributed by atoms with Crippen molar-refractivity contribution in [3.8, 4) is 0 Å². The summed E-state index contributed by atoms with van der Waals surface area (Å²) in [6.07, 6.45) is 2.91. The van der Waals surface area contributed by atoms with Crippen LogP contribution in [-0.2, 0) is 0 Å². The fourth-order valence-electron chi connectivity index (χ4n) is 2.10. The molecule has 82 valence electrons. The van der Waals surface area contributed by atoms with Crippen molar-refractivity contribution in [2.75, 3.05) is 0 Å². The molecule has 1 fully saturated rings. The van der Waals surface area contributed by atoms with E-state index >= 15 is 0 Å². The van der Waals surface area contributed by atoms with E-state index in [1.165, 1.54) is 0 Å². The zero-order valence-corrected chi connectivity index (χ0v) is 9.06. The van der Waals surface area contributed by atoms with Gasteiger partial charge in [0, 0.05) is 12.1 Å². The van der Waals surface area contributed by atoms with Crippen molar-refractivity contribution < 1.29 is 10.2 Å². The summed E-state index contributed by atoms with van der Waals surface area (Å²) >= 11 is 5.69. The van der Waals surface area contributed by atoms with Crippen molar-refractivity contribution in [3.05, 3.63) is 29.0 Å². The van der Waals surface area contributed by atoms with Crippen LogP contribution < -0.4 is 0 Å². The second kappa shape index (κ2) is 4.47. The Morgan fingerprint density at radius 1 is 1.27 bits per heavy atom. The van der Waals surface area contributed by atoms with Crippen LogP contribution >= 0.6 is 11.6 Å². The highest BCUT2D eigenvalue weighted by atomic mass is 35.5. The van der Waals surface area contributed by atoms with E-state index in [1.807, 2.05) is 6.07 Å². The lowest BCUT2D eigenvalue weighted by molar-refractivity contribution is 0.0354. The van der Waals surface area contributed by atoms with Crippen LogP contribution in [-0.4, -0.2) is 27.4 Å². The number of hydrogen-bond acceptors (Lipinski definition) is 3. The van der Waals surface area contributed by atoms with Crippen LogP contribution in [0.3, 0.4) is 0 Å². The van der Waals surface area contributed by atoms with Gasteiger partial charge in [-0.1, -0.05) is 17.7 Å². The van der Waals surface area contributed by atoms with Gasteiger partial charge in [0.15, 0.2) is 0 Å². The molecule has 1 aromatic heterocycles. The first-order chi connectivity index (χ1) is 7.16. The summed E-state index contributed by atoms with van der Waals surface area (Å²) in [7, 11) is 0. The number of hydrogen-bond donors (Lipinski definition) is 2. The summed E-state index contributed by atoms with van der Waals surface area (Å²) in [5.41, 5.74) is 0.950. The lowest BCUT2D eigenvalue weighted by Crippen LogP contribution is -2.30. The fraction of sp³-hybridized carbons (Fsp3) is 0.545. The molecular weight excluding hydrogens is 214 g/mol. The van der Waals surface area contributed by atoms with E-state index in [9.17, 15) is 10.2 Å². The minimum Gasteiger partial charge on any atom is -0.393 e. The van der Waals surface area contributed by atoms with Gasteiger partial charge in [0.25, 0.3) is 0 Å². The summed E-state index contributed by atoms with van der Waals surface area (Å²) < 4.78 is 0. The zero-order valence-electron chi connectivity index (χ0n) is 8.31. The Hall–Kier alpha value is -0.640. The molecular formula is C11H14ClNO2. The summed E-state index contributed by atoms with van der Waals surface area (Å²) in [4.78, 5) is 3.99. The van der Waals surface area contributed by atoms with Gasteiger partial charge in [-0.15, -0.1) is 0 Å². The van der Waals surface area contributed by atoms with Crippen molar-refractivity contribution in [2.24, 2.45) is 0 Å². The molecule has 0 bridgehead atoms. The summed E-state index contributed by atoms with van der Waals surface area (Å²) in [5, 5.41) is 19.8. The maximum atomic E-state index is 9.84. The Bertz CT molecular complexity index is 328. The standard InChI is InChI=1S/C11H14ClNO2/c12-11-4-1-7(6-13-11)9-5-8(14)2-3-10(9)15/h1,4,6,8-10,14-15H,2-3,5H2/t8-,9-,10+/m0/s1. The molecule has 1 aromatic rings. The largest absolute Gasteiger partial charge is 0.393 e. The number of halogens is 1. The fourth-order valence-corrected chi connectivity index (χ4v) is 2.21. The normalized spacial score (nSPS) is 31.5. The number of pyridine rings is 1. The molecule has 15 heavy (non-hydrogen) atoms. The predicted molar refractivity (Wildman–Crippen MR) is 57.9 cm³/mol. The van der Waals surface area contributed by atoms with Crippen LogP contribution in [0.15, 0.2) is 18.3 Å². The zero-order chi connectivity index (χ0) is 10.8. The molecule has 3 nitrogen and oxygen atoms in total. The summed E-state index contributed by atoms with van der Waals surface area (Å²) in [6, 6.07) is 3.58. The highest BCUT2D eigenvalue weighted by Crippen LogP contribution is 2.33. The predicted octanol–water partition coefficient (Wildman–Crippen LogP) is 1.72. The third kappa shape index (κ3) is 2.48. The van der Waals surface area contributed by atoms with Crippen LogP contribution in [0.2, 0.25) is 5.15 Å². The smallest absolute Gasteiger partial charge is 0.129 e. The molecule has 0 aromatic carbocycles. The van der Waals surface area contributed by atoms with Crippen molar-refractivity contribution in [2.45, 2.75) is 37.4 Å². The van der Waals surface area contributed by atoms with E-state index in [0.717, 1.165) is 5.56 Å². The Labute approximate surface area is 93.7 Å². The number of rotatable bonds is 1. The lowest BCUT2D eigenvalue weighted by Gasteiger charge is -2.30. The van der Waals surface area contributed by atoms with Gasteiger partial charge in [-0.25, -0.2) is 4.98 Å². The average molecular weight is 228 g/mol. The molecule has 0 spiro atoms. The number of aromatic nitrogens is 1. The maximum Gasteiger partial charge on any atom is 0.129 e. The Morgan fingerprint density at radius 3 is 2.73 bits per heavy atom. The van der Waals surface area contributed by atoms with E-state index in [0.29, 0.717) is 24.4 Å². The van der Waals surface area contributed by atoms with Crippen LogP contribution in [0.4, 0.5) is 0 Å². The van der Waals surface area contributed by atoms with Crippen LogP contribution in [0.1, 0.15) is 30.7 Å². The maximum absolute atomic E-state index is 9.84. The molecule has 2 N–H and O–H groups in total. The molecule has 0 radical (unpaired) electrons. The molecule has 1 aliphatic rings. The summed E-state index contributed by atoms with van der Waals surface area (Å²) in [5.74, 6) is -0.0153. The van der Waals surface area contributed by atoms with Gasteiger partial charge >= 0.3 is 0 Å². The molecule has 0 unspecified atom stereocenters. The molecule has 0 aliphatic heterocycles. The van der Waals surface area contributed by atoms with E-state index in [2.05, 4.69) is 4.98 Å². The van der Waals surface area contributed by atoms with Gasteiger partial charge < -0.3 is 10.2 Å². The first-order valence-corrected chi connectivity index (χ1v) is 5.52. The molecule has 0 saturated heterocycles. The quantitative estimate of drug-likeness (QED) is 0.719. The van der Waals surface area contributed by atoms with Gasteiger partial charge in [0.2, 0.25) is 0 Å². The highest BCUT2D eigenvalue weighted by molar-refractivity contribution is 6.29. The van der Waals surface area contributed by atoms with E-state index in [1.54, 1.807) is 12.3 Å². The second-order valence-corrected chi connectivity index (χ2v) is 4.44. The molecule has 2 rings (SSSR count). The molecule has 1 aliphatic carbocycles. The number of nitrogens with zero attached hydrogens (tertiary/aromatic N) is 1. The number of aliphatic hydroxyl groups excluding tert-OH is 2. The molecule has 1 heterocycles. The summed E-state index contributed by atoms with van der Waals surface area (Å²) in [6.45, 7) is 0. The second-order valence-electron chi connectivity index (χ2n) is 4.05. The van der Waals surface area contributed by atoms with Crippen molar-refractivity contribution >= 4 is 11.6 Å². The van der Waals surface area contributed by atoms with E-state index in [4.69, 9.17) is 11.6 Å². The van der Waals surface area contributed by atoms with Gasteiger partial charge in [0.05, 0.1) is 12.2 Å². The van der Waals surface area contributed by atoms with Gasteiger partial charge in [0.1, 0.15) is 5.15 Å². The topological polar surface area (TPSA) is 53.4 Å². The SMILES string of the molecule is O[C@H]1CC[C@@H](O)[C@H](c2ccc(Cl)nc2)C1. The van der Waals surface area contributed by atoms with Crippen LogP contribution in [0.25, 0.3) is 0 Å². The lowest BCUT2D eigenvalue weighted by atomic mass is 9.81. The molecule has 1 saturated carbocycles. The first-order valence-electron chi connectivity index (χ1n) is 5.14. The third-order valence-corrected chi connectivity index (χ3v) is 3.19. The number of aliphatic hydroxyl groups is 2. The van der Waals surface area contributed by atoms with E-state index in [-0.39, 0.29) is 18.1 Å². The van der Waals surface area contributed by atoms with Crippen molar-refractivity contribution in [1.29, 1.82) is 0 Å². The van der Waals surface area contributed by atoms with Crippen molar-refractivity contribution in [3.63, 3.8) is 0 Å². The monoisotopic (exact) mass is 227 g/mol. The molecule has 0 amide bonds. The average Bonchev–Trinajstić information content (AvgIpc) is 2.23. The van der Waals surface area contributed by atoms with Crippen LogP contribution in [0.5, 0.6) is 0 Å². The van der Waals surface area contributed by atoms with E-state index < -0.39 is 0 Å². The van der Waals surface area contributed by atoms with Crippen molar-refractivity contribution in [1.82, 2.24) is 4.98 Å². The molecule has 4 heteroatoms. The minimum atomic E-state index is -0.378. The van der Waals surface area contributed by atoms with Gasteiger partial charge in [-0.3, -0.25) is 0 Å². The minimum absolute atomic E-state index is 0.0153. The van der Waals surface area contributed by atoms with Gasteiger partial charge in [-0.2, -0.15) is 0 Å². The van der Waals surface area contributed by atoms with Gasteiger partial charge in [-0.05, 0) is 30.9 Å². The Kier molecular flexibility index (Phi) is 3.24. The molecule has 3 atom stereocenters. The third-order valence-electron chi connectivity index (χ3n) is 2.96. The first kappa shape index (κ1) is 10.9. The highest BCUT2D eigenvalue weighted by Gasteiger charge is 2.29.